The van der Waals surface area contributed by atoms with Gasteiger partial charge in [-0.05, 0) is 77.4 Å². The summed E-state index contributed by atoms with van der Waals surface area (Å²) in [5.41, 5.74) is 3.33. The van der Waals surface area contributed by atoms with Gasteiger partial charge in [-0.2, -0.15) is 0 Å². The molecule has 3 rings (SSSR count). The van der Waals surface area contributed by atoms with Crippen LogP contribution >= 0.6 is 0 Å². The molecule has 150 valence electrons. The number of benzene rings is 1. The first-order valence-electron chi connectivity index (χ1n) is 9.84. The Morgan fingerprint density at radius 2 is 1.78 bits per heavy atom. The molecule has 1 aromatic heterocycles. The molecule has 0 unspecified atom stereocenters. The van der Waals surface area contributed by atoms with Crippen molar-refractivity contribution in [2.24, 2.45) is 0 Å². The van der Waals surface area contributed by atoms with Crippen molar-refractivity contribution in [3.63, 3.8) is 0 Å². The number of sulfonamides is 1. The van der Waals surface area contributed by atoms with Crippen molar-refractivity contribution in [2.45, 2.75) is 51.3 Å². The molecular weight excluding hydrogens is 358 g/mol. The number of nitrogens with zero attached hydrogens (tertiary/aromatic N) is 3. The molecule has 2 heterocycles. The summed E-state index contributed by atoms with van der Waals surface area (Å²) in [7, 11) is 0.937. The largest absolute Gasteiger partial charge is 0.342 e. The molecule has 5 nitrogen and oxygen atoms in total. The first-order valence-corrected chi connectivity index (χ1v) is 11.4. The molecule has 2 aromatic rings. The highest BCUT2D eigenvalue weighted by atomic mass is 32.2. The summed E-state index contributed by atoms with van der Waals surface area (Å²) >= 11 is 0. The first kappa shape index (κ1) is 20.4. The minimum atomic E-state index is -3.22. The third kappa shape index (κ3) is 4.55. The van der Waals surface area contributed by atoms with Crippen LogP contribution in [-0.4, -0.2) is 55.9 Å². The lowest BCUT2D eigenvalue weighted by Gasteiger charge is -2.22. The number of fused-ring (bicyclic) bond motifs is 1. The number of hydrogen-bond acceptors (Lipinski definition) is 3. The number of likely N-dealkylation sites (N-methyl/N-ethyl adjacent to an activating group) is 1. The Hall–Kier alpha value is -1.37. The molecule has 0 bridgehead atoms. The second-order valence-electron chi connectivity index (χ2n) is 8.96. The van der Waals surface area contributed by atoms with Crippen molar-refractivity contribution in [2.75, 3.05) is 33.7 Å². The Morgan fingerprint density at radius 3 is 2.37 bits per heavy atom. The van der Waals surface area contributed by atoms with Gasteiger partial charge in [0.25, 0.3) is 0 Å². The third-order valence-electron chi connectivity index (χ3n) is 5.31. The van der Waals surface area contributed by atoms with Gasteiger partial charge in [-0.25, -0.2) is 12.7 Å². The molecule has 1 aromatic carbocycles. The zero-order valence-corrected chi connectivity index (χ0v) is 18.1. The molecule has 1 aliphatic rings. The van der Waals surface area contributed by atoms with E-state index in [1.54, 1.807) is 4.31 Å². The summed E-state index contributed by atoms with van der Waals surface area (Å²) in [6.45, 7) is 8.91. The summed E-state index contributed by atoms with van der Waals surface area (Å²) in [6.07, 6.45) is 5.14. The van der Waals surface area contributed by atoms with Gasteiger partial charge in [0.05, 0.1) is 5.75 Å². The van der Waals surface area contributed by atoms with Crippen molar-refractivity contribution in [3.05, 3.63) is 35.5 Å². The number of rotatable bonds is 6. The van der Waals surface area contributed by atoms with E-state index in [1.165, 1.54) is 16.5 Å². The second kappa shape index (κ2) is 7.57. The van der Waals surface area contributed by atoms with E-state index in [-0.39, 0.29) is 11.3 Å². The van der Waals surface area contributed by atoms with Crippen LogP contribution in [0.5, 0.6) is 0 Å². The topological polar surface area (TPSA) is 45.6 Å². The van der Waals surface area contributed by atoms with E-state index in [9.17, 15) is 8.42 Å². The van der Waals surface area contributed by atoms with Crippen LogP contribution < -0.4 is 0 Å². The molecule has 0 saturated carbocycles. The van der Waals surface area contributed by atoms with E-state index in [0.717, 1.165) is 31.4 Å². The lowest BCUT2D eigenvalue weighted by molar-refractivity contribution is 0.404. The van der Waals surface area contributed by atoms with Gasteiger partial charge in [-0.1, -0.05) is 6.07 Å². The summed E-state index contributed by atoms with van der Waals surface area (Å²) < 4.78 is 29.4. The fourth-order valence-corrected chi connectivity index (χ4v) is 5.40. The highest BCUT2D eigenvalue weighted by Gasteiger charge is 2.26. The van der Waals surface area contributed by atoms with Gasteiger partial charge >= 0.3 is 0 Å². The Balaban J connectivity index is 1.98. The predicted octanol–water partition coefficient (Wildman–Crippen LogP) is 3.43. The molecule has 1 saturated heterocycles. The Labute approximate surface area is 164 Å². The summed E-state index contributed by atoms with van der Waals surface area (Å²) in [5, 5.41) is 1.18. The minimum Gasteiger partial charge on any atom is -0.342 e. The molecular formula is C21H33N3O2S. The van der Waals surface area contributed by atoms with E-state index < -0.39 is 10.0 Å². The van der Waals surface area contributed by atoms with Gasteiger partial charge < -0.3 is 9.47 Å². The summed E-state index contributed by atoms with van der Waals surface area (Å²) in [6, 6.07) is 6.17. The standard InChI is InChI=1S/C21H33N3O2S/c1-21(2,3)24-15-18(10-13-22(4)5)19-14-17(8-9-20(19)24)16-27(25,26)23-11-6-7-12-23/h8-9,14-15H,6-7,10-13,16H2,1-5H3. The van der Waals surface area contributed by atoms with Gasteiger partial charge in [-0.15, -0.1) is 0 Å². The third-order valence-corrected chi connectivity index (χ3v) is 7.16. The smallest absolute Gasteiger partial charge is 0.218 e. The van der Waals surface area contributed by atoms with Crippen LogP contribution in [0, 0.1) is 0 Å². The number of aromatic nitrogens is 1. The van der Waals surface area contributed by atoms with Crippen LogP contribution in [0.3, 0.4) is 0 Å². The van der Waals surface area contributed by atoms with Gasteiger partial charge in [0.2, 0.25) is 10.0 Å². The average Bonchev–Trinajstić information content (AvgIpc) is 3.20. The van der Waals surface area contributed by atoms with Crippen LogP contribution in [0.15, 0.2) is 24.4 Å². The van der Waals surface area contributed by atoms with Crippen LogP contribution in [0.4, 0.5) is 0 Å². The van der Waals surface area contributed by atoms with E-state index >= 15 is 0 Å². The van der Waals surface area contributed by atoms with Gasteiger partial charge in [0, 0.05) is 42.3 Å². The van der Waals surface area contributed by atoms with Gasteiger partial charge in [0.1, 0.15) is 0 Å². The molecule has 1 fully saturated rings. The SMILES string of the molecule is CN(C)CCc1cn(C(C)(C)C)c2ccc(CS(=O)(=O)N3CCCC3)cc12. The van der Waals surface area contributed by atoms with Crippen molar-refractivity contribution in [1.82, 2.24) is 13.8 Å². The summed E-state index contributed by atoms with van der Waals surface area (Å²) in [5.74, 6) is 0.0940. The highest BCUT2D eigenvalue weighted by Crippen LogP contribution is 2.30. The molecule has 0 spiro atoms. The fourth-order valence-electron chi connectivity index (χ4n) is 3.80. The molecule has 0 N–H and O–H groups in total. The van der Waals surface area contributed by atoms with Crippen LogP contribution in [-0.2, 0) is 27.7 Å². The molecule has 6 heteroatoms. The predicted molar refractivity (Wildman–Crippen MR) is 113 cm³/mol. The molecule has 0 amide bonds. The maximum absolute atomic E-state index is 12.7. The monoisotopic (exact) mass is 391 g/mol. The Bertz CT molecular complexity index is 901. The normalized spacial score (nSPS) is 16.7. The molecule has 1 aliphatic heterocycles. The molecule has 0 aliphatic carbocycles. The van der Waals surface area contributed by atoms with Crippen LogP contribution in [0.1, 0.15) is 44.7 Å². The van der Waals surface area contributed by atoms with Gasteiger partial charge in [-0.3, -0.25) is 0 Å². The molecule has 27 heavy (non-hydrogen) atoms. The van der Waals surface area contributed by atoms with Crippen molar-refractivity contribution >= 4 is 20.9 Å². The maximum Gasteiger partial charge on any atom is 0.218 e. The van der Waals surface area contributed by atoms with Crippen molar-refractivity contribution < 1.29 is 8.42 Å². The lowest BCUT2D eigenvalue weighted by atomic mass is 10.1. The summed E-state index contributed by atoms with van der Waals surface area (Å²) in [4.78, 5) is 2.18. The molecule has 0 atom stereocenters. The highest BCUT2D eigenvalue weighted by molar-refractivity contribution is 7.88. The second-order valence-corrected chi connectivity index (χ2v) is 10.9. The quantitative estimate of drug-likeness (QED) is 0.758. The average molecular weight is 392 g/mol. The van der Waals surface area contributed by atoms with Crippen LogP contribution in [0.2, 0.25) is 0 Å². The number of hydrogen-bond donors (Lipinski definition) is 0. The maximum atomic E-state index is 12.7. The zero-order valence-electron chi connectivity index (χ0n) is 17.3. The zero-order chi connectivity index (χ0) is 19.8. The Kier molecular flexibility index (Phi) is 5.71. The van der Waals surface area contributed by atoms with E-state index in [2.05, 4.69) is 62.7 Å². The van der Waals surface area contributed by atoms with E-state index in [4.69, 9.17) is 0 Å². The minimum absolute atomic E-state index is 0.0161. The van der Waals surface area contributed by atoms with Crippen molar-refractivity contribution in [3.8, 4) is 0 Å². The van der Waals surface area contributed by atoms with Gasteiger partial charge in [0.15, 0.2) is 0 Å². The van der Waals surface area contributed by atoms with Crippen LogP contribution in [0.25, 0.3) is 10.9 Å². The van der Waals surface area contributed by atoms with Crippen molar-refractivity contribution in [1.29, 1.82) is 0 Å². The fraction of sp³-hybridized carbons (Fsp3) is 0.619. The van der Waals surface area contributed by atoms with E-state index in [0.29, 0.717) is 13.1 Å². The van der Waals surface area contributed by atoms with E-state index in [1.807, 2.05) is 6.07 Å². The Morgan fingerprint density at radius 1 is 1.11 bits per heavy atom. The lowest BCUT2D eigenvalue weighted by Crippen LogP contribution is -2.29. The molecule has 0 radical (unpaired) electrons. The first-order chi connectivity index (χ1) is 12.6.